The zero-order chi connectivity index (χ0) is 20.8. The van der Waals surface area contributed by atoms with Crippen LogP contribution in [0, 0.1) is 11.6 Å². The summed E-state index contributed by atoms with van der Waals surface area (Å²) in [7, 11) is 2.77. The smallest absolute Gasteiger partial charge is 0.410 e. The van der Waals surface area contributed by atoms with Crippen LogP contribution in [0.5, 0.6) is 5.88 Å². The fourth-order valence-corrected chi connectivity index (χ4v) is 3.02. The molecule has 0 aliphatic carbocycles. The van der Waals surface area contributed by atoms with E-state index in [4.69, 9.17) is 14.2 Å². The number of cyclic esters (lactones) is 1. The third kappa shape index (κ3) is 3.44. The fraction of sp³-hybridized carbons (Fsp3) is 0.421. The Kier molecular flexibility index (Phi) is 4.86. The number of esters is 1. The molecule has 3 rings (SSSR count). The van der Waals surface area contributed by atoms with Gasteiger partial charge in [0.1, 0.15) is 12.2 Å². The number of halogens is 2. The Morgan fingerprint density at radius 3 is 2.43 bits per heavy atom. The quantitative estimate of drug-likeness (QED) is 0.725. The number of benzene rings is 1. The standard InChI is InChI=1S/C19H20F2N2O5/c1-19(2,3)28-18(25)23(4)13-8-27-17(24)15-14(13)9-6-11(20)12(21)7-10(9)16(22-15)26-5/h6-7,13H,8H2,1-5H3/t13-/m1/s1. The molecule has 150 valence electrons. The van der Waals surface area contributed by atoms with Crippen molar-refractivity contribution in [2.75, 3.05) is 20.8 Å². The molecule has 9 heteroatoms. The Morgan fingerprint density at radius 1 is 1.25 bits per heavy atom. The molecule has 1 aliphatic rings. The Bertz CT molecular complexity index is 971. The molecule has 1 aromatic heterocycles. The number of pyridine rings is 1. The summed E-state index contributed by atoms with van der Waals surface area (Å²) < 4.78 is 43.5. The van der Waals surface area contributed by atoms with E-state index in [-0.39, 0.29) is 34.5 Å². The van der Waals surface area contributed by atoms with E-state index in [1.54, 1.807) is 20.8 Å². The van der Waals surface area contributed by atoms with Crippen molar-refractivity contribution in [3.05, 3.63) is 35.0 Å². The highest BCUT2D eigenvalue weighted by molar-refractivity contribution is 6.00. The second-order valence-electron chi connectivity index (χ2n) is 7.40. The van der Waals surface area contributed by atoms with Gasteiger partial charge in [0.05, 0.1) is 13.2 Å². The lowest BCUT2D eigenvalue weighted by atomic mass is 9.95. The number of hydrogen-bond acceptors (Lipinski definition) is 6. The summed E-state index contributed by atoms with van der Waals surface area (Å²) >= 11 is 0. The van der Waals surface area contributed by atoms with Crippen molar-refractivity contribution in [1.82, 2.24) is 9.88 Å². The van der Waals surface area contributed by atoms with Gasteiger partial charge in [-0.2, -0.15) is 0 Å². The number of hydrogen-bond donors (Lipinski definition) is 0. The first kappa shape index (κ1) is 19.8. The minimum absolute atomic E-state index is 0.0508. The van der Waals surface area contributed by atoms with Gasteiger partial charge in [0.2, 0.25) is 5.88 Å². The van der Waals surface area contributed by atoms with Crippen LogP contribution >= 0.6 is 0 Å². The Labute approximate surface area is 160 Å². The molecule has 0 radical (unpaired) electrons. The number of rotatable bonds is 2. The molecule has 0 saturated carbocycles. The van der Waals surface area contributed by atoms with Crippen LogP contribution in [0.1, 0.15) is 42.9 Å². The van der Waals surface area contributed by atoms with E-state index in [1.807, 2.05) is 0 Å². The number of nitrogens with zero attached hydrogens (tertiary/aromatic N) is 2. The second kappa shape index (κ2) is 6.88. The van der Waals surface area contributed by atoms with Crippen molar-refractivity contribution < 1.29 is 32.6 Å². The number of ether oxygens (including phenoxy) is 3. The lowest BCUT2D eigenvalue weighted by Crippen LogP contribution is -2.41. The van der Waals surface area contributed by atoms with Gasteiger partial charge in [-0.25, -0.2) is 23.4 Å². The normalized spacial score (nSPS) is 16.4. The molecule has 1 atom stereocenters. The maximum Gasteiger partial charge on any atom is 0.410 e. The summed E-state index contributed by atoms with van der Waals surface area (Å²) in [6.07, 6.45) is -0.659. The molecule has 2 aromatic rings. The first-order valence-electron chi connectivity index (χ1n) is 8.53. The van der Waals surface area contributed by atoms with Crippen molar-refractivity contribution >= 4 is 22.8 Å². The summed E-state index contributed by atoms with van der Waals surface area (Å²) in [5.74, 6) is -2.97. The molecule has 0 spiro atoms. The number of aromatic nitrogens is 1. The maximum atomic E-state index is 14.0. The topological polar surface area (TPSA) is 78.0 Å². The van der Waals surface area contributed by atoms with Gasteiger partial charge < -0.3 is 19.1 Å². The fourth-order valence-electron chi connectivity index (χ4n) is 3.02. The van der Waals surface area contributed by atoms with E-state index in [0.717, 1.165) is 12.1 Å². The number of fused-ring (bicyclic) bond motifs is 3. The monoisotopic (exact) mass is 394 g/mol. The minimum atomic E-state index is -1.10. The molecule has 7 nitrogen and oxygen atoms in total. The summed E-state index contributed by atoms with van der Waals surface area (Å²) in [6, 6.07) is 1.11. The maximum absolute atomic E-state index is 14.0. The van der Waals surface area contributed by atoms with Crippen LogP contribution in [-0.2, 0) is 9.47 Å². The van der Waals surface area contributed by atoms with Gasteiger partial charge in [-0.3, -0.25) is 0 Å². The van der Waals surface area contributed by atoms with Crippen LogP contribution in [-0.4, -0.2) is 48.3 Å². The lowest BCUT2D eigenvalue weighted by Gasteiger charge is -2.34. The van der Waals surface area contributed by atoms with E-state index in [1.165, 1.54) is 19.1 Å². The summed E-state index contributed by atoms with van der Waals surface area (Å²) in [5, 5.41) is 0.384. The molecular formula is C19H20F2N2O5. The van der Waals surface area contributed by atoms with Crippen LogP contribution in [0.15, 0.2) is 12.1 Å². The first-order valence-corrected chi connectivity index (χ1v) is 8.53. The van der Waals surface area contributed by atoms with Gasteiger partial charge in [0.25, 0.3) is 0 Å². The van der Waals surface area contributed by atoms with E-state index < -0.39 is 35.3 Å². The summed E-state index contributed by atoms with van der Waals surface area (Å²) in [4.78, 5) is 30.1. The average molecular weight is 394 g/mol. The Balaban J connectivity index is 2.21. The Hall–Kier alpha value is -2.97. The van der Waals surface area contributed by atoms with Crippen LogP contribution < -0.4 is 4.74 Å². The molecule has 0 bridgehead atoms. The molecule has 2 heterocycles. The van der Waals surface area contributed by atoms with Crippen molar-refractivity contribution in [1.29, 1.82) is 0 Å². The number of methoxy groups -OCH3 is 1. The molecule has 0 N–H and O–H groups in total. The largest absolute Gasteiger partial charge is 0.481 e. The van der Waals surface area contributed by atoms with Crippen LogP contribution in [0.25, 0.3) is 10.8 Å². The van der Waals surface area contributed by atoms with Crippen LogP contribution in [0.2, 0.25) is 0 Å². The number of carbonyl (C=O) groups excluding carboxylic acids is 2. The molecular weight excluding hydrogens is 374 g/mol. The molecule has 1 amide bonds. The second-order valence-corrected chi connectivity index (χ2v) is 7.40. The number of likely N-dealkylation sites (N-methyl/N-ethyl adjacent to an activating group) is 1. The van der Waals surface area contributed by atoms with Gasteiger partial charge in [0.15, 0.2) is 17.3 Å². The average Bonchev–Trinajstić information content (AvgIpc) is 2.60. The van der Waals surface area contributed by atoms with Gasteiger partial charge in [-0.1, -0.05) is 0 Å². The highest BCUT2D eigenvalue weighted by Gasteiger charge is 2.37. The third-order valence-electron chi connectivity index (χ3n) is 4.29. The van der Waals surface area contributed by atoms with E-state index in [9.17, 15) is 18.4 Å². The molecule has 28 heavy (non-hydrogen) atoms. The van der Waals surface area contributed by atoms with Gasteiger partial charge in [-0.05, 0) is 38.3 Å². The van der Waals surface area contributed by atoms with E-state index in [0.29, 0.717) is 0 Å². The summed E-state index contributed by atoms with van der Waals surface area (Å²) in [6.45, 7) is 4.97. The Morgan fingerprint density at radius 2 is 1.86 bits per heavy atom. The zero-order valence-corrected chi connectivity index (χ0v) is 16.1. The number of amides is 1. The van der Waals surface area contributed by atoms with E-state index >= 15 is 0 Å². The van der Waals surface area contributed by atoms with Crippen molar-refractivity contribution in [2.24, 2.45) is 0 Å². The zero-order valence-electron chi connectivity index (χ0n) is 16.1. The predicted molar refractivity (Wildman–Crippen MR) is 95.2 cm³/mol. The molecule has 0 fully saturated rings. The van der Waals surface area contributed by atoms with Crippen LogP contribution in [0.4, 0.5) is 13.6 Å². The highest BCUT2D eigenvalue weighted by atomic mass is 19.2. The molecule has 1 aliphatic heterocycles. The molecule has 1 aromatic carbocycles. The van der Waals surface area contributed by atoms with Crippen molar-refractivity contribution in [3.63, 3.8) is 0 Å². The SMILES string of the molecule is COc1nc2c(c3cc(F)c(F)cc13)[C@H](N(C)C(=O)OC(C)(C)C)COC2=O. The highest BCUT2D eigenvalue weighted by Crippen LogP contribution is 2.38. The molecule has 0 unspecified atom stereocenters. The number of carbonyl (C=O) groups is 2. The van der Waals surface area contributed by atoms with Gasteiger partial charge >= 0.3 is 12.1 Å². The first-order chi connectivity index (χ1) is 13.0. The van der Waals surface area contributed by atoms with Gasteiger partial charge in [-0.15, -0.1) is 0 Å². The third-order valence-corrected chi connectivity index (χ3v) is 4.29. The van der Waals surface area contributed by atoms with Crippen molar-refractivity contribution in [3.8, 4) is 5.88 Å². The van der Waals surface area contributed by atoms with Crippen molar-refractivity contribution in [2.45, 2.75) is 32.4 Å². The minimum Gasteiger partial charge on any atom is -0.481 e. The van der Waals surface area contributed by atoms with Crippen LogP contribution in [0.3, 0.4) is 0 Å². The van der Waals surface area contributed by atoms with Gasteiger partial charge in [0, 0.05) is 18.0 Å². The molecule has 0 saturated heterocycles. The lowest BCUT2D eigenvalue weighted by molar-refractivity contribution is 0.00420. The predicted octanol–water partition coefficient (Wildman–Crippen LogP) is 3.60. The summed E-state index contributed by atoms with van der Waals surface area (Å²) in [5.41, 5.74) is -0.615. The van der Waals surface area contributed by atoms with E-state index in [2.05, 4.69) is 4.98 Å².